The SMILES string of the molecule is O=C1[C@H]2[C@@H]3C=C[C@@H]([C@H]4C[C@H]34)[C@@H]2C(=O)N1c1ccc(I)cc1. The third-order valence-electron chi connectivity index (χ3n) is 5.75. The highest BCUT2D eigenvalue weighted by atomic mass is 127. The van der Waals surface area contributed by atoms with Gasteiger partial charge in [-0.25, -0.2) is 0 Å². The highest BCUT2D eigenvalue weighted by Crippen LogP contribution is 2.65. The lowest BCUT2D eigenvalue weighted by molar-refractivity contribution is -0.124. The molecule has 0 spiro atoms. The van der Waals surface area contributed by atoms with Crippen LogP contribution in [-0.4, -0.2) is 11.8 Å². The van der Waals surface area contributed by atoms with E-state index >= 15 is 0 Å². The van der Waals surface area contributed by atoms with Crippen molar-refractivity contribution in [3.8, 4) is 0 Å². The lowest BCUT2D eigenvalue weighted by atomic mass is 9.63. The van der Waals surface area contributed by atoms with Gasteiger partial charge in [0.2, 0.25) is 11.8 Å². The number of imide groups is 1. The first-order valence-corrected chi connectivity index (χ1v) is 8.56. The van der Waals surface area contributed by atoms with Gasteiger partial charge in [-0.2, -0.15) is 0 Å². The number of hydrogen-bond donors (Lipinski definition) is 0. The molecule has 4 heteroatoms. The fourth-order valence-corrected chi connectivity index (χ4v) is 5.16. The first-order chi connectivity index (χ1) is 10.2. The Morgan fingerprint density at radius 2 is 1.43 bits per heavy atom. The van der Waals surface area contributed by atoms with E-state index in [9.17, 15) is 9.59 Å². The molecule has 4 aliphatic carbocycles. The topological polar surface area (TPSA) is 37.4 Å². The van der Waals surface area contributed by atoms with Gasteiger partial charge in [0, 0.05) is 3.57 Å². The number of hydrogen-bond acceptors (Lipinski definition) is 2. The quantitative estimate of drug-likeness (QED) is 0.420. The van der Waals surface area contributed by atoms with E-state index in [0.29, 0.717) is 23.7 Å². The van der Waals surface area contributed by atoms with Gasteiger partial charge < -0.3 is 0 Å². The van der Waals surface area contributed by atoms with E-state index in [0.717, 1.165) is 9.26 Å². The average Bonchev–Trinajstić information content (AvgIpc) is 3.26. The first kappa shape index (κ1) is 12.4. The van der Waals surface area contributed by atoms with Crippen LogP contribution < -0.4 is 4.90 Å². The number of carbonyl (C=O) groups is 2. The van der Waals surface area contributed by atoms with Gasteiger partial charge in [0.25, 0.3) is 0 Å². The highest BCUT2D eigenvalue weighted by molar-refractivity contribution is 14.1. The van der Waals surface area contributed by atoms with Gasteiger partial charge in [-0.1, -0.05) is 12.2 Å². The summed E-state index contributed by atoms with van der Waals surface area (Å²) >= 11 is 2.23. The van der Waals surface area contributed by atoms with Crippen molar-refractivity contribution in [2.45, 2.75) is 6.42 Å². The summed E-state index contributed by atoms with van der Waals surface area (Å²) in [5.74, 6) is 1.77. The molecule has 1 aromatic carbocycles. The second kappa shape index (κ2) is 3.97. The zero-order valence-electron chi connectivity index (χ0n) is 11.3. The molecule has 2 bridgehead atoms. The minimum atomic E-state index is -0.101. The summed E-state index contributed by atoms with van der Waals surface area (Å²) in [6.07, 6.45) is 5.63. The summed E-state index contributed by atoms with van der Waals surface area (Å²) < 4.78 is 1.11. The Morgan fingerprint density at radius 1 is 0.905 bits per heavy atom. The molecule has 1 aliphatic heterocycles. The number of carbonyl (C=O) groups excluding carboxylic acids is 2. The molecule has 0 radical (unpaired) electrons. The molecule has 6 rings (SSSR count). The maximum absolute atomic E-state index is 12.9. The molecule has 21 heavy (non-hydrogen) atoms. The van der Waals surface area contributed by atoms with Gasteiger partial charge in [0.05, 0.1) is 17.5 Å². The van der Waals surface area contributed by atoms with Crippen molar-refractivity contribution in [2.24, 2.45) is 35.5 Å². The normalized spacial score (nSPS) is 42.2. The highest BCUT2D eigenvalue weighted by Gasteiger charge is 2.67. The van der Waals surface area contributed by atoms with Gasteiger partial charge in [0.15, 0.2) is 0 Å². The minimum Gasteiger partial charge on any atom is -0.274 e. The van der Waals surface area contributed by atoms with Crippen molar-refractivity contribution in [1.82, 2.24) is 0 Å². The summed E-state index contributed by atoms with van der Waals surface area (Å²) in [6, 6.07) is 7.65. The summed E-state index contributed by atoms with van der Waals surface area (Å²) in [5.41, 5.74) is 0.730. The van der Waals surface area contributed by atoms with Crippen LogP contribution in [0.5, 0.6) is 0 Å². The van der Waals surface area contributed by atoms with E-state index < -0.39 is 0 Å². The Hall–Kier alpha value is -1.17. The molecular weight excluding hydrogens is 377 g/mol. The molecule has 2 saturated carbocycles. The van der Waals surface area contributed by atoms with E-state index in [-0.39, 0.29) is 23.7 Å². The smallest absolute Gasteiger partial charge is 0.238 e. The largest absolute Gasteiger partial charge is 0.274 e. The molecule has 0 unspecified atom stereocenters. The van der Waals surface area contributed by atoms with Crippen LogP contribution in [0.15, 0.2) is 36.4 Å². The van der Waals surface area contributed by atoms with Gasteiger partial charge in [-0.3, -0.25) is 14.5 Å². The van der Waals surface area contributed by atoms with Crippen LogP contribution in [0.3, 0.4) is 0 Å². The Balaban J connectivity index is 1.58. The summed E-state index contributed by atoms with van der Waals surface area (Å²) in [4.78, 5) is 27.2. The zero-order chi connectivity index (χ0) is 14.3. The lowest BCUT2D eigenvalue weighted by Gasteiger charge is -2.37. The van der Waals surface area contributed by atoms with Gasteiger partial charge in [-0.15, -0.1) is 0 Å². The maximum Gasteiger partial charge on any atom is 0.238 e. The molecule has 3 fully saturated rings. The zero-order valence-corrected chi connectivity index (χ0v) is 13.4. The predicted octanol–water partition coefficient (Wildman–Crippen LogP) is 2.85. The molecule has 106 valence electrons. The van der Waals surface area contributed by atoms with Crippen LogP contribution in [0.25, 0.3) is 0 Å². The van der Waals surface area contributed by atoms with Crippen LogP contribution in [-0.2, 0) is 9.59 Å². The molecule has 2 amide bonds. The van der Waals surface area contributed by atoms with Crippen LogP contribution in [0.1, 0.15) is 6.42 Å². The molecule has 1 heterocycles. The van der Waals surface area contributed by atoms with E-state index in [4.69, 9.17) is 0 Å². The Kier molecular flexibility index (Phi) is 2.34. The van der Waals surface area contributed by atoms with Crippen molar-refractivity contribution >= 4 is 40.1 Å². The molecule has 3 nitrogen and oxygen atoms in total. The summed E-state index contributed by atoms with van der Waals surface area (Å²) in [6.45, 7) is 0. The summed E-state index contributed by atoms with van der Waals surface area (Å²) in [5, 5.41) is 0. The Labute approximate surface area is 136 Å². The van der Waals surface area contributed by atoms with Gasteiger partial charge in [0.1, 0.15) is 0 Å². The van der Waals surface area contributed by atoms with Crippen LogP contribution in [0.4, 0.5) is 5.69 Å². The van der Waals surface area contributed by atoms with Crippen LogP contribution >= 0.6 is 22.6 Å². The molecule has 0 N–H and O–H groups in total. The van der Waals surface area contributed by atoms with Crippen molar-refractivity contribution in [3.05, 3.63) is 40.0 Å². The third-order valence-corrected chi connectivity index (χ3v) is 6.47. The number of nitrogens with zero attached hydrogens (tertiary/aromatic N) is 1. The molecule has 6 atom stereocenters. The second-order valence-corrected chi connectivity index (χ2v) is 7.89. The minimum absolute atomic E-state index is 0.0240. The molecule has 0 aromatic heterocycles. The molecular formula is C17H14INO2. The predicted molar refractivity (Wildman–Crippen MR) is 86.3 cm³/mol. The fourth-order valence-electron chi connectivity index (χ4n) is 4.80. The van der Waals surface area contributed by atoms with Crippen LogP contribution in [0, 0.1) is 39.1 Å². The lowest BCUT2D eigenvalue weighted by Crippen LogP contribution is -2.40. The number of amides is 2. The first-order valence-electron chi connectivity index (χ1n) is 7.48. The number of allylic oxidation sites excluding steroid dienone is 2. The second-order valence-electron chi connectivity index (χ2n) is 6.64. The number of anilines is 1. The number of halogens is 1. The van der Waals surface area contributed by atoms with E-state index in [1.807, 2.05) is 24.3 Å². The summed E-state index contributed by atoms with van der Waals surface area (Å²) in [7, 11) is 0. The standard InChI is InChI=1S/C17H14INO2/c18-8-1-3-9(4-2-8)19-16(20)14-10-5-6-11(13-7-12(10)13)15(14)17(19)21/h1-6,10-15H,7H2/t10-,11+,12-,13-,14+,15+/m1/s1. The van der Waals surface area contributed by atoms with Gasteiger partial charge >= 0.3 is 0 Å². The Morgan fingerprint density at radius 3 is 1.95 bits per heavy atom. The van der Waals surface area contributed by atoms with Gasteiger partial charge in [-0.05, 0) is 76.9 Å². The van der Waals surface area contributed by atoms with E-state index in [1.165, 1.54) is 11.3 Å². The van der Waals surface area contributed by atoms with Crippen molar-refractivity contribution in [2.75, 3.05) is 4.90 Å². The maximum atomic E-state index is 12.9. The molecule has 5 aliphatic rings. The molecule has 1 saturated heterocycles. The van der Waals surface area contributed by atoms with Crippen molar-refractivity contribution < 1.29 is 9.59 Å². The van der Waals surface area contributed by atoms with Crippen molar-refractivity contribution in [1.29, 1.82) is 0 Å². The third kappa shape index (κ3) is 1.49. The monoisotopic (exact) mass is 391 g/mol. The fraction of sp³-hybridized carbons (Fsp3) is 0.412. The Bertz CT molecular complexity index is 659. The number of benzene rings is 1. The van der Waals surface area contributed by atoms with E-state index in [1.54, 1.807) is 0 Å². The number of rotatable bonds is 1. The average molecular weight is 391 g/mol. The van der Waals surface area contributed by atoms with E-state index in [2.05, 4.69) is 34.7 Å². The van der Waals surface area contributed by atoms with Crippen molar-refractivity contribution in [3.63, 3.8) is 0 Å². The van der Waals surface area contributed by atoms with Crippen LogP contribution in [0.2, 0.25) is 0 Å². The molecule has 1 aromatic rings.